The maximum Gasteiger partial charge on any atom is 0.178 e. The number of piperazine rings is 1. The molecule has 6 nitrogen and oxygen atoms in total. The Hall–Kier alpha value is -3.32. The lowest BCUT2D eigenvalue weighted by atomic mass is 10.0. The highest BCUT2D eigenvalue weighted by Crippen LogP contribution is 2.31. The van der Waals surface area contributed by atoms with Crippen molar-refractivity contribution < 1.29 is 0 Å². The highest BCUT2D eigenvalue weighted by molar-refractivity contribution is 6.30. The molecule has 1 aliphatic heterocycles. The normalized spacial score (nSPS) is 16.0. The number of tetrazole rings is 1. The SMILES string of the molecule is Cc1cccc(C)c1-n1nnnc1[C@H](c1ccc(Cl)cc1)N1CCN(CC=Cc2ccccc2)CC1. The summed E-state index contributed by atoms with van der Waals surface area (Å²) >= 11 is 6.24. The number of hydrogen-bond acceptors (Lipinski definition) is 5. The Bertz CT molecular complexity index is 1290. The lowest BCUT2D eigenvalue weighted by Crippen LogP contribution is -2.48. The van der Waals surface area contributed by atoms with Gasteiger partial charge in [-0.3, -0.25) is 9.80 Å². The molecule has 0 spiro atoms. The number of para-hydroxylation sites is 1. The smallest absolute Gasteiger partial charge is 0.178 e. The molecule has 36 heavy (non-hydrogen) atoms. The first-order chi connectivity index (χ1) is 17.6. The minimum absolute atomic E-state index is 0.0710. The lowest BCUT2D eigenvalue weighted by Gasteiger charge is -2.38. The van der Waals surface area contributed by atoms with Crippen molar-refractivity contribution in [3.8, 4) is 5.69 Å². The van der Waals surface area contributed by atoms with E-state index in [1.165, 1.54) is 5.56 Å². The second-order valence-corrected chi connectivity index (χ2v) is 9.73. The molecule has 7 heteroatoms. The van der Waals surface area contributed by atoms with Crippen molar-refractivity contribution in [2.75, 3.05) is 32.7 Å². The summed E-state index contributed by atoms with van der Waals surface area (Å²) in [5.41, 5.74) is 5.71. The first kappa shape index (κ1) is 24.4. The van der Waals surface area contributed by atoms with Crippen molar-refractivity contribution in [1.29, 1.82) is 0 Å². The van der Waals surface area contributed by atoms with Crippen molar-refractivity contribution in [3.63, 3.8) is 0 Å². The summed E-state index contributed by atoms with van der Waals surface area (Å²) in [5.74, 6) is 0.826. The van der Waals surface area contributed by atoms with Crippen LogP contribution in [0.4, 0.5) is 0 Å². The van der Waals surface area contributed by atoms with Crippen LogP contribution in [0.25, 0.3) is 11.8 Å². The van der Waals surface area contributed by atoms with Gasteiger partial charge >= 0.3 is 0 Å². The number of halogens is 1. The Balaban J connectivity index is 1.39. The van der Waals surface area contributed by atoms with Crippen molar-refractivity contribution in [3.05, 3.63) is 112 Å². The van der Waals surface area contributed by atoms with E-state index in [4.69, 9.17) is 11.6 Å². The molecule has 3 aromatic carbocycles. The van der Waals surface area contributed by atoms with Crippen LogP contribution in [0.3, 0.4) is 0 Å². The van der Waals surface area contributed by atoms with Gasteiger partial charge in [-0.05, 0) is 58.7 Å². The topological polar surface area (TPSA) is 50.1 Å². The monoisotopic (exact) mass is 498 g/mol. The third-order valence-electron chi connectivity index (χ3n) is 6.82. The number of rotatable bonds is 7. The van der Waals surface area contributed by atoms with Gasteiger partial charge in [0.05, 0.1) is 11.7 Å². The van der Waals surface area contributed by atoms with Gasteiger partial charge in [-0.2, -0.15) is 4.68 Å². The number of benzene rings is 3. The van der Waals surface area contributed by atoms with Crippen LogP contribution < -0.4 is 0 Å². The third-order valence-corrected chi connectivity index (χ3v) is 7.07. The molecular weight excluding hydrogens is 468 g/mol. The van der Waals surface area contributed by atoms with Crippen molar-refractivity contribution in [2.24, 2.45) is 0 Å². The molecule has 1 aromatic heterocycles. The second kappa shape index (κ2) is 11.2. The van der Waals surface area contributed by atoms with Gasteiger partial charge in [0.2, 0.25) is 0 Å². The summed E-state index contributed by atoms with van der Waals surface area (Å²) in [7, 11) is 0. The van der Waals surface area contributed by atoms with Crippen LogP contribution in [0, 0.1) is 13.8 Å². The van der Waals surface area contributed by atoms with Gasteiger partial charge in [0.1, 0.15) is 0 Å². The Morgan fingerprint density at radius 3 is 2.25 bits per heavy atom. The molecule has 0 saturated carbocycles. The zero-order valence-electron chi connectivity index (χ0n) is 20.8. The first-order valence-electron chi connectivity index (χ1n) is 12.4. The zero-order valence-corrected chi connectivity index (χ0v) is 21.5. The highest BCUT2D eigenvalue weighted by Gasteiger charge is 2.31. The Labute approximate surface area is 217 Å². The summed E-state index contributed by atoms with van der Waals surface area (Å²) in [4.78, 5) is 4.97. The predicted molar refractivity (Wildman–Crippen MR) is 145 cm³/mol. The summed E-state index contributed by atoms with van der Waals surface area (Å²) in [5, 5.41) is 13.8. The third kappa shape index (κ3) is 5.41. The van der Waals surface area contributed by atoms with E-state index >= 15 is 0 Å². The van der Waals surface area contributed by atoms with E-state index in [9.17, 15) is 0 Å². The number of aryl methyl sites for hydroxylation is 2. The molecular formula is C29H31ClN6. The van der Waals surface area contributed by atoms with Crippen LogP contribution in [-0.2, 0) is 0 Å². The molecule has 1 saturated heterocycles. The van der Waals surface area contributed by atoms with E-state index in [0.717, 1.165) is 65.9 Å². The minimum atomic E-state index is -0.0710. The first-order valence-corrected chi connectivity index (χ1v) is 12.8. The van der Waals surface area contributed by atoms with Gasteiger partial charge in [-0.1, -0.05) is 84.4 Å². The predicted octanol–water partition coefficient (Wildman–Crippen LogP) is 5.35. The number of nitrogens with zero attached hydrogens (tertiary/aromatic N) is 6. The number of aromatic nitrogens is 4. The second-order valence-electron chi connectivity index (χ2n) is 9.29. The van der Waals surface area contributed by atoms with E-state index in [0.29, 0.717) is 0 Å². The molecule has 5 rings (SSSR count). The summed E-state index contributed by atoms with van der Waals surface area (Å²) in [6.45, 7) is 8.95. The zero-order chi connectivity index (χ0) is 24.9. The lowest BCUT2D eigenvalue weighted by molar-refractivity contribution is 0.113. The fraction of sp³-hybridized carbons (Fsp3) is 0.276. The van der Waals surface area contributed by atoms with Crippen LogP contribution in [0.2, 0.25) is 5.02 Å². The van der Waals surface area contributed by atoms with E-state index in [1.807, 2.05) is 22.9 Å². The van der Waals surface area contributed by atoms with Gasteiger partial charge in [0.15, 0.2) is 5.82 Å². The molecule has 0 bridgehead atoms. The van der Waals surface area contributed by atoms with Crippen LogP contribution in [0.5, 0.6) is 0 Å². The summed E-state index contributed by atoms with van der Waals surface area (Å²) < 4.78 is 1.92. The van der Waals surface area contributed by atoms with Crippen LogP contribution in [0.1, 0.15) is 34.1 Å². The molecule has 4 aromatic rings. The molecule has 2 heterocycles. The average Bonchev–Trinajstić information content (AvgIpc) is 3.36. The van der Waals surface area contributed by atoms with Crippen molar-refractivity contribution in [1.82, 2.24) is 30.0 Å². The molecule has 0 N–H and O–H groups in total. The summed E-state index contributed by atoms with van der Waals surface area (Å²) in [6, 6.07) is 24.7. The van der Waals surface area contributed by atoms with Crippen molar-refractivity contribution in [2.45, 2.75) is 19.9 Å². The minimum Gasteiger partial charge on any atom is -0.297 e. The Kier molecular flexibility index (Phi) is 7.56. The van der Waals surface area contributed by atoms with Gasteiger partial charge in [0, 0.05) is 37.7 Å². The fourth-order valence-electron chi connectivity index (χ4n) is 4.94. The van der Waals surface area contributed by atoms with Gasteiger partial charge < -0.3 is 0 Å². The quantitative estimate of drug-likeness (QED) is 0.343. The van der Waals surface area contributed by atoms with Gasteiger partial charge in [-0.15, -0.1) is 5.10 Å². The van der Waals surface area contributed by atoms with E-state index in [2.05, 4.69) is 106 Å². The van der Waals surface area contributed by atoms with Crippen LogP contribution in [-0.4, -0.2) is 62.7 Å². The maximum atomic E-state index is 6.24. The van der Waals surface area contributed by atoms with Crippen LogP contribution in [0.15, 0.2) is 78.9 Å². The fourth-order valence-corrected chi connectivity index (χ4v) is 5.06. The highest BCUT2D eigenvalue weighted by atomic mass is 35.5. The van der Waals surface area contributed by atoms with Crippen molar-refractivity contribution >= 4 is 17.7 Å². The molecule has 0 unspecified atom stereocenters. The standard InChI is InChI=1S/C29H31ClN6/c1-22-8-6-9-23(2)27(22)36-29(31-32-33-36)28(25-13-15-26(30)16-14-25)35-20-18-34(19-21-35)17-7-12-24-10-4-3-5-11-24/h3-16,28H,17-21H2,1-2H3/t28-/m0/s1. The molecule has 0 radical (unpaired) electrons. The van der Waals surface area contributed by atoms with Crippen LogP contribution >= 0.6 is 11.6 Å². The molecule has 1 atom stereocenters. The van der Waals surface area contributed by atoms with E-state index < -0.39 is 0 Å². The Morgan fingerprint density at radius 1 is 0.861 bits per heavy atom. The average molecular weight is 499 g/mol. The number of hydrogen-bond donors (Lipinski definition) is 0. The van der Waals surface area contributed by atoms with Gasteiger partial charge in [-0.25, -0.2) is 0 Å². The molecule has 1 aliphatic rings. The molecule has 184 valence electrons. The molecule has 1 fully saturated rings. The van der Waals surface area contributed by atoms with E-state index in [1.54, 1.807) is 0 Å². The molecule has 0 aliphatic carbocycles. The largest absolute Gasteiger partial charge is 0.297 e. The van der Waals surface area contributed by atoms with E-state index in [-0.39, 0.29) is 6.04 Å². The summed E-state index contributed by atoms with van der Waals surface area (Å²) in [6.07, 6.45) is 4.45. The molecule has 0 amide bonds. The maximum absolute atomic E-state index is 6.24. The van der Waals surface area contributed by atoms with Gasteiger partial charge in [0.25, 0.3) is 0 Å². The Morgan fingerprint density at radius 2 is 1.56 bits per heavy atom.